The van der Waals surface area contributed by atoms with Gasteiger partial charge in [-0.2, -0.15) is 9.37 Å². The van der Waals surface area contributed by atoms with Gasteiger partial charge in [0.25, 0.3) is 5.56 Å². The highest BCUT2D eigenvalue weighted by Crippen LogP contribution is 2.41. The predicted octanol–water partition coefficient (Wildman–Crippen LogP) is 3.96. The zero-order valence-corrected chi connectivity index (χ0v) is 14.5. The van der Waals surface area contributed by atoms with Crippen LogP contribution >= 0.6 is 28.7 Å². The third-order valence-electron chi connectivity index (χ3n) is 3.97. The molecule has 0 saturated heterocycles. The number of benzene rings is 1. The third-order valence-corrected chi connectivity index (χ3v) is 4.86. The quantitative estimate of drug-likeness (QED) is 0.450. The zero-order chi connectivity index (χ0) is 16.3. The molecule has 1 aromatic carbocycles. The fraction of sp³-hybridized carbons (Fsp3) is 0.125. The Morgan fingerprint density at radius 1 is 1.30 bits per heavy atom. The molecule has 116 valence electrons. The number of H-pyrrole nitrogens is 1. The second-order valence-electron chi connectivity index (χ2n) is 5.57. The Bertz CT molecular complexity index is 1030. The molecule has 0 atom stereocenters. The maximum atomic E-state index is 13.8. The van der Waals surface area contributed by atoms with Crippen molar-refractivity contribution in [2.75, 3.05) is 4.31 Å². The van der Waals surface area contributed by atoms with E-state index in [2.05, 4.69) is 38.7 Å². The Labute approximate surface area is 145 Å². The summed E-state index contributed by atoms with van der Waals surface area (Å²) in [4.78, 5) is 18.9. The standard InChI is InChI=1S/C16H11BrFN3OS/c1-7-2-8-3-10-9(4-11(8)16(22)19-7)6-21(23)15-12(10)5-13(17)14(18)20-15/h2-5,23H,6H2,1H3,(H,19,22). The Morgan fingerprint density at radius 2 is 2.09 bits per heavy atom. The van der Waals surface area contributed by atoms with Crippen molar-refractivity contribution in [2.45, 2.75) is 13.5 Å². The molecule has 1 aliphatic rings. The molecule has 7 heteroatoms. The lowest BCUT2D eigenvalue weighted by atomic mass is 9.93. The number of rotatable bonds is 0. The topological polar surface area (TPSA) is 49.0 Å². The highest BCUT2D eigenvalue weighted by molar-refractivity contribution is 9.10. The summed E-state index contributed by atoms with van der Waals surface area (Å²) in [6.45, 7) is 2.29. The summed E-state index contributed by atoms with van der Waals surface area (Å²) >= 11 is 7.57. The van der Waals surface area contributed by atoms with Gasteiger partial charge < -0.3 is 4.98 Å². The fourth-order valence-electron chi connectivity index (χ4n) is 2.96. The Kier molecular flexibility index (Phi) is 3.24. The molecule has 0 bridgehead atoms. The van der Waals surface area contributed by atoms with Gasteiger partial charge >= 0.3 is 0 Å². The van der Waals surface area contributed by atoms with Crippen LogP contribution in [0.5, 0.6) is 0 Å². The van der Waals surface area contributed by atoms with Gasteiger partial charge in [-0.05, 0) is 63.6 Å². The van der Waals surface area contributed by atoms with Crippen LogP contribution in [-0.4, -0.2) is 9.97 Å². The first kappa shape index (κ1) is 14.7. The average Bonchev–Trinajstić information content (AvgIpc) is 2.48. The van der Waals surface area contributed by atoms with Gasteiger partial charge in [-0.25, -0.2) is 0 Å². The van der Waals surface area contributed by atoms with Gasteiger partial charge in [0.2, 0.25) is 5.95 Å². The molecular formula is C16H11BrFN3OS. The number of hydrogen-bond donors (Lipinski definition) is 2. The van der Waals surface area contributed by atoms with Gasteiger partial charge in [0.05, 0.1) is 11.0 Å². The highest BCUT2D eigenvalue weighted by Gasteiger charge is 2.24. The second kappa shape index (κ2) is 5.07. The van der Waals surface area contributed by atoms with Crippen LogP contribution < -0.4 is 9.86 Å². The van der Waals surface area contributed by atoms with Crippen LogP contribution in [0.1, 0.15) is 11.3 Å². The van der Waals surface area contributed by atoms with E-state index in [0.29, 0.717) is 22.2 Å². The summed E-state index contributed by atoms with van der Waals surface area (Å²) in [6, 6.07) is 7.45. The van der Waals surface area contributed by atoms with E-state index in [9.17, 15) is 9.18 Å². The van der Waals surface area contributed by atoms with Crippen molar-refractivity contribution in [2.24, 2.45) is 0 Å². The number of thiol groups is 1. The molecule has 0 spiro atoms. The maximum absolute atomic E-state index is 13.8. The lowest BCUT2D eigenvalue weighted by Gasteiger charge is -2.27. The largest absolute Gasteiger partial charge is 0.326 e. The van der Waals surface area contributed by atoms with Crippen molar-refractivity contribution < 1.29 is 4.39 Å². The lowest BCUT2D eigenvalue weighted by Crippen LogP contribution is -2.19. The third kappa shape index (κ3) is 2.26. The van der Waals surface area contributed by atoms with Gasteiger partial charge in [-0.3, -0.25) is 9.10 Å². The molecular weight excluding hydrogens is 381 g/mol. The normalized spacial score (nSPS) is 13.1. The fourth-order valence-corrected chi connectivity index (χ4v) is 3.59. The van der Waals surface area contributed by atoms with Crippen molar-refractivity contribution in [3.05, 3.63) is 56.3 Å². The lowest BCUT2D eigenvalue weighted by molar-refractivity contribution is 0.577. The van der Waals surface area contributed by atoms with Crippen molar-refractivity contribution in [1.29, 1.82) is 0 Å². The molecule has 0 radical (unpaired) electrons. The maximum Gasteiger partial charge on any atom is 0.256 e. The minimum absolute atomic E-state index is 0.113. The smallest absolute Gasteiger partial charge is 0.256 e. The van der Waals surface area contributed by atoms with Gasteiger partial charge in [-0.15, -0.1) is 0 Å². The van der Waals surface area contributed by atoms with E-state index < -0.39 is 5.95 Å². The van der Waals surface area contributed by atoms with Crippen molar-refractivity contribution in [3.8, 4) is 11.1 Å². The van der Waals surface area contributed by atoms with E-state index in [-0.39, 0.29) is 5.56 Å². The molecule has 0 unspecified atom stereocenters. The predicted molar refractivity (Wildman–Crippen MR) is 95.4 cm³/mol. The van der Waals surface area contributed by atoms with Gasteiger partial charge in [0.1, 0.15) is 5.82 Å². The Balaban J connectivity index is 2.08. The first-order valence-corrected chi connectivity index (χ1v) is 8.13. The van der Waals surface area contributed by atoms with Crippen LogP contribution in [0.15, 0.2) is 33.5 Å². The monoisotopic (exact) mass is 391 g/mol. The van der Waals surface area contributed by atoms with Crippen LogP contribution in [0.4, 0.5) is 10.2 Å². The average molecular weight is 392 g/mol. The molecule has 2 aromatic heterocycles. The van der Waals surface area contributed by atoms with Crippen LogP contribution in [-0.2, 0) is 6.54 Å². The Morgan fingerprint density at radius 3 is 2.87 bits per heavy atom. The van der Waals surface area contributed by atoms with Crippen LogP contribution in [0.3, 0.4) is 0 Å². The summed E-state index contributed by atoms with van der Waals surface area (Å²) < 4.78 is 15.6. The number of aryl methyl sites for hydroxylation is 1. The summed E-state index contributed by atoms with van der Waals surface area (Å²) in [5, 5.41) is 1.48. The summed E-state index contributed by atoms with van der Waals surface area (Å²) in [7, 11) is 0. The molecule has 0 fully saturated rings. The number of fused-ring (bicyclic) bond motifs is 4. The van der Waals surface area contributed by atoms with E-state index in [1.807, 2.05) is 25.1 Å². The summed E-state index contributed by atoms with van der Waals surface area (Å²) in [6.07, 6.45) is 0. The van der Waals surface area contributed by atoms with Crippen LogP contribution in [0, 0.1) is 12.9 Å². The van der Waals surface area contributed by atoms with Gasteiger partial charge in [0.15, 0.2) is 0 Å². The second-order valence-corrected chi connectivity index (χ2v) is 6.91. The van der Waals surface area contributed by atoms with Crippen LogP contribution in [0.25, 0.3) is 21.9 Å². The molecule has 1 aliphatic heterocycles. The number of nitrogens with zero attached hydrogens (tertiary/aromatic N) is 2. The number of aromatic nitrogens is 2. The van der Waals surface area contributed by atoms with Crippen molar-refractivity contribution in [1.82, 2.24) is 9.97 Å². The number of halogens is 2. The minimum Gasteiger partial charge on any atom is -0.326 e. The van der Waals surface area contributed by atoms with Crippen LogP contribution in [0.2, 0.25) is 0 Å². The molecule has 1 N–H and O–H groups in total. The van der Waals surface area contributed by atoms with Gasteiger partial charge in [0, 0.05) is 16.6 Å². The first-order valence-electron chi connectivity index (χ1n) is 6.93. The number of nitrogens with one attached hydrogen (secondary N) is 1. The molecule has 0 aliphatic carbocycles. The Hall–Kier alpha value is -1.86. The molecule has 0 amide bonds. The molecule has 4 nitrogen and oxygen atoms in total. The summed E-state index contributed by atoms with van der Waals surface area (Å²) in [5.74, 6) is -0.0956. The van der Waals surface area contributed by atoms with E-state index >= 15 is 0 Å². The van der Waals surface area contributed by atoms with Gasteiger partial charge in [-0.1, -0.05) is 12.8 Å². The highest BCUT2D eigenvalue weighted by atomic mass is 79.9. The minimum atomic E-state index is -0.570. The van der Waals surface area contributed by atoms with Crippen molar-refractivity contribution in [3.63, 3.8) is 0 Å². The van der Waals surface area contributed by atoms with E-state index in [4.69, 9.17) is 0 Å². The number of hydrogen-bond acceptors (Lipinski definition) is 4. The first-order chi connectivity index (χ1) is 10.9. The molecule has 23 heavy (non-hydrogen) atoms. The molecule has 3 aromatic rings. The summed E-state index contributed by atoms with van der Waals surface area (Å²) in [5.41, 5.74) is 3.37. The SMILES string of the molecule is Cc1cc2cc3c(cc2c(=O)[nH]1)CN(S)c1nc(F)c(Br)cc1-3. The van der Waals surface area contributed by atoms with Crippen molar-refractivity contribution >= 4 is 45.3 Å². The molecule has 4 rings (SSSR count). The molecule has 0 saturated carbocycles. The van der Waals surface area contributed by atoms with E-state index in [1.165, 1.54) is 0 Å². The number of pyridine rings is 2. The zero-order valence-electron chi connectivity index (χ0n) is 12.0. The van der Waals surface area contributed by atoms with E-state index in [0.717, 1.165) is 27.8 Å². The van der Waals surface area contributed by atoms with E-state index in [1.54, 1.807) is 10.4 Å². The number of anilines is 1. The number of aromatic amines is 1. The molecule has 3 heterocycles.